The standard InChI is InChI=1S/C13H21NOS/c14-10-13(11-4-2-1-3-5-11)16-12-6-8-15-9-7-12/h11-13H,1-9H2. The van der Waals surface area contributed by atoms with E-state index in [-0.39, 0.29) is 5.25 Å². The van der Waals surface area contributed by atoms with E-state index in [1.54, 1.807) is 0 Å². The van der Waals surface area contributed by atoms with E-state index in [1.807, 2.05) is 11.8 Å². The summed E-state index contributed by atoms with van der Waals surface area (Å²) in [4.78, 5) is 0. The van der Waals surface area contributed by atoms with E-state index in [9.17, 15) is 5.26 Å². The lowest BCUT2D eigenvalue weighted by molar-refractivity contribution is 0.0999. The Morgan fingerprint density at radius 2 is 1.75 bits per heavy atom. The Morgan fingerprint density at radius 3 is 2.38 bits per heavy atom. The number of nitrogens with zero attached hydrogens (tertiary/aromatic N) is 1. The van der Waals surface area contributed by atoms with E-state index >= 15 is 0 Å². The topological polar surface area (TPSA) is 33.0 Å². The van der Waals surface area contributed by atoms with E-state index < -0.39 is 0 Å². The third-order valence-corrected chi connectivity index (χ3v) is 5.35. The van der Waals surface area contributed by atoms with Crippen molar-refractivity contribution in [3.05, 3.63) is 0 Å². The van der Waals surface area contributed by atoms with Crippen molar-refractivity contribution in [1.82, 2.24) is 0 Å². The molecule has 2 fully saturated rings. The summed E-state index contributed by atoms with van der Waals surface area (Å²) in [6.07, 6.45) is 8.85. The van der Waals surface area contributed by atoms with Gasteiger partial charge < -0.3 is 4.74 Å². The number of nitriles is 1. The zero-order valence-corrected chi connectivity index (χ0v) is 10.7. The molecule has 3 heteroatoms. The number of hydrogen-bond acceptors (Lipinski definition) is 3. The summed E-state index contributed by atoms with van der Waals surface area (Å²) in [7, 11) is 0. The SMILES string of the molecule is N#CC(SC1CCOCC1)C1CCCCC1. The molecule has 1 aliphatic carbocycles. The van der Waals surface area contributed by atoms with Gasteiger partial charge in [-0.3, -0.25) is 0 Å². The quantitative estimate of drug-likeness (QED) is 0.757. The Labute approximate surface area is 103 Å². The highest BCUT2D eigenvalue weighted by Crippen LogP contribution is 2.36. The summed E-state index contributed by atoms with van der Waals surface area (Å²) in [5, 5.41) is 10.2. The molecule has 0 aromatic heterocycles. The maximum absolute atomic E-state index is 9.31. The number of ether oxygens (including phenoxy) is 1. The van der Waals surface area contributed by atoms with Crippen molar-refractivity contribution in [2.24, 2.45) is 5.92 Å². The zero-order valence-electron chi connectivity index (χ0n) is 9.86. The van der Waals surface area contributed by atoms with E-state index in [0.29, 0.717) is 11.2 Å². The van der Waals surface area contributed by atoms with Crippen molar-refractivity contribution < 1.29 is 4.74 Å². The van der Waals surface area contributed by atoms with Gasteiger partial charge in [-0.25, -0.2) is 0 Å². The van der Waals surface area contributed by atoms with Crippen LogP contribution in [0.15, 0.2) is 0 Å². The molecule has 0 N–H and O–H groups in total. The van der Waals surface area contributed by atoms with Crippen molar-refractivity contribution in [2.75, 3.05) is 13.2 Å². The lowest BCUT2D eigenvalue weighted by Crippen LogP contribution is -2.25. The average molecular weight is 239 g/mol. The molecule has 0 aromatic carbocycles. The second-order valence-electron chi connectivity index (χ2n) is 4.90. The van der Waals surface area contributed by atoms with Crippen LogP contribution >= 0.6 is 11.8 Å². The van der Waals surface area contributed by atoms with Gasteiger partial charge in [0.05, 0.1) is 11.3 Å². The summed E-state index contributed by atoms with van der Waals surface area (Å²) in [5.41, 5.74) is 0. The molecule has 0 bridgehead atoms. The van der Waals surface area contributed by atoms with Gasteiger partial charge in [0.2, 0.25) is 0 Å². The lowest BCUT2D eigenvalue weighted by atomic mass is 9.87. The van der Waals surface area contributed by atoms with Crippen molar-refractivity contribution in [2.45, 2.75) is 55.4 Å². The predicted octanol–water partition coefficient (Wildman–Crippen LogP) is 3.37. The summed E-state index contributed by atoms with van der Waals surface area (Å²) in [5.74, 6) is 0.659. The molecular weight excluding hydrogens is 218 g/mol. The van der Waals surface area contributed by atoms with Gasteiger partial charge in [0.1, 0.15) is 0 Å². The molecule has 1 saturated carbocycles. The third kappa shape index (κ3) is 3.40. The molecule has 1 heterocycles. The van der Waals surface area contributed by atoms with Crippen LogP contribution in [0, 0.1) is 17.2 Å². The maximum atomic E-state index is 9.31. The van der Waals surface area contributed by atoms with Gasteiger partial charge in [0.15, 0.2) is 0 Å². The lowest BCUT2D eigenvalue weighted by Gasteiger charge is -2.29. The van der Waals surface area contributed by atoms with Crippen LogP contribution in [0.25, 0.3) is 0 Å². The second kappa shape index (κ2) is 6.51. The van der Waals surface area contributed by atoms with Crippen molar-refractivity contribution in [3.8, 4) is 6.07 Å². The van der Waals surface area contributed by atoms with Crippen LogP contribution in [-0.2, 0) is 4.74 Å². The molecule has 90 valence electrons. The normalized spacial score (nSPS) is 26.2. The molecule has 2 rings (SSSR count). The minimum atomic E-state index is 0.239. The molecule has 0 aromatic rings. The third-order valence-electron chi connectivity index (χ3n) is 3.71. The highest BCUT2D eigenvalue weighted by molar-refractivity contribution is 8.00. The van der Waals surface area contributed by atoms with Crippen molar-refractivity contribution >= 4 is 11.8 Å². The molecule has 1 saturated heterocycles. The molecule has 1 unspecified atom stereocenters. The largest absolute Gasteiger partial charge is 0.381 e. The zero-order chi connectivity index (χ0) is 11.2. The monoisotopic (exact) mass is 239 g/mol. The molecule has 1 aliphatic heterocycles. The van der Waals surface area contributed by atoms with Crippen LogP contribution in [-0.4, -0.2) is 23.7 Å². The van der Waals surface area contributed by atoms with E-state index in [2.05, 4.69) is 6.07 Å². The predicted molar refractivity (Wildman–Crippen MR) is 67.4 cm³/mol. The molecule has 1 atom stereocenters. The van der Waals surface area contributed by atoms with Crippen LogP contribution < -0.4 is 0 Å². The van der Waals surface area contributed by atoms with Crippen LogP contribution in [0.1, 0.15) is 44.9 Å². The van der Waals surface area contributed by atoms with Crippen LogP contribution in [0.5, 0.6) is 0 Å². The summed E-state index contributed by atoms with van der Waals surface area (Å²) in [6, 6.07) is 2.54. The second-order valence-corrected chi connectivity index (χ2v) is 6.34. The molecular formula is C13H21NOS. The number of thioether (sulfide) groups is 1. The summed E-state index contributed by atoms with van der Waals surface area (Å²) in [6.45, 7) is 1.78. The fourth-order valence-corrected chi connectivity index (χ4v) is 4.14. The molecule has 2 aliphatic rings. The Balaban J connectivity index is 1.81. The van der Waals surface area contributed by atoms with E-state index in [1.165, 1.54) is 32.1 Å². The van der Waals surface area contributed by atoms with Crippen LogP contribution in [0.4, 0.5) is 0 Å². The van der Waals surface area contributed by atoms with Crippen molar-refractivity contribution in [1.29, 1.82) is 5.26 Å². The Hall–Kier alpha value is -0.200. The molecule has 0 amide bonds. The summed E-state index contributed by atoms with van der Waals surface area (Å²) >= 11 is 1.93. The Bertz CT molecular complexity index is 239. The van der Waals surface area contributed by atoms with Gasteiger partial charge in [0, 0.05) is 18.5 Å². The molecule has 2 nitrogen and oxygen atoms in total. The molecule has 16 heavy (non-hydrogen) atoms. The fourth-order valence-electron chi connectivity index (χ4n) is 2.70. The van der Waals surface area contributed by atoms with Crippen LogP contribution in [0.2, 0.25) is 0 Å². The first-order valence-electron chi connectivity index (χ1n) is 6.53. The number of rotatable bonds is 3. The van der Waals surface area contributed by atoms with Gasteiger partial charge in [-0.1, -0.05) is 19.3 Å². The van der Waals surface area contributed by atoms with E-state index in [4.69, 9.17) is 4.74 Å². The molecule has 0 radical (unpaired) electrons. The van der Waals surface area contributed by atoms with Gasteiger partial charge >= 0.3 is 0 Å². The van der Waals surface area contributed by atoms with Gasteiger partial charge in [-0.05, 0) is 31.6 Å². The Morgan fingerprint density at radius 1 is 1.06 bits per heavy atom. The first kappa shape index (κ1) is 12.3. The average Bonchev–Trinajstić information content (AvgIpc) is 2.38. The highest BCUT2D eigenvalue weighted by Gasteiger charge is 2.27. The van der Waals surface area contributed by atoms with Crippen LogP contribution in [0.3, 0.4) is 0 Å². The van der Waals surface area contributed by atoms with E-state index in [0.717, 1.165) is 26.1 Å². The van der Waals surface area contributed by atoms with Gasteiger partial charge in [-0.2, -0.15) is 5.26 Å². The maximum Gasteiger partial charge on any atom is 0.0947 e. The summed E-state index contributed by atoms with van der Waals surface area (Å²) < 4.78 is 5.36. The Kier molecular flexibility index (Phi) is 4.99. The van der Waals surface area contributed by atoms with Gasteiger partial charge in [0.25, 0.3) is 0 Å². The van der Waals surface area contributed by atoms with Gasteiger partial charge in [-0.15, -0.1) is 11.8 Å². The molecule has 0 spiro atoms. The minimum absolute atomic E-state index is 0.239. The first-order chi connectivity index (χ1) is 7.90. The number of hydrogen-bond donors (Lipinski definition) is 0. The van der Waals surface area contributed by atoms with Crippen molar-refractivity contribution in [3.63, 3.8) is 0 Å². The minimum Gasteiger partial charge on any atom is -0.381 e. The first-order valence-corrected chi connectivity index (χ1v) is 7.47. The highest BCUT2D eigenvalue weighted by atomic mass is 32.2. The fraction of sp³-hybridized carbons (Fsp3) is 0.923. The smallest absolute Gasteiger partial charge is 0.0947 e.